The fourth-order valence-corrected chi connectivity index (χ4v) is 1.75. The van der Waals surface area contributed by atoms with E-state index in [1.54, 1.807) is 0 Å². The topological polar surface area (TPSA) is 24.9 Å². The summed E-state index contributed by atoms with van der Waals surface area (Å²) < 4.78 is 0. The van der Waals surface area contributed by atoms with Crippen LogP contribution in [0.4, 0.5) is 5.69 Å². The fraction of sp³-hybridized carbons (Fsp3) is 0.583. The number of hydrogen-bond acceptors (Lipinski definition) is 2. The molecule has 0 saturated heterocycles. The molecular weight excluding hydrogens is 172 g/mol. The molecule has 0 aromatic carbocycles. The summed E-state index contributed by atoms with van der Waals surface area (Å²) in [6.45, 7) is 4.26. The van der Waals surface area contributed by atoms with Crippen molar-refractivity contribution >= 4 is 5.69 Å². The minimum atomic E-state index is 0.576. The van der Waals surface area contributed by atoms with Gasteiger partial charge in [0.05, 0.1) is 11.9 Å². The highest BCUT2D eigenvalue weighted by Gasteiger charge is 2.23. The number of pyridine rings is 1. The number of anilines is 1. The van der Waals surface area contributed by atoms with E-state index in [-0.39, 0.29) is 0 Å². The van der Waals surface area contributed by atoms with Crippen molar-refractivity contribution in [3.05, 3.63) is 24.0 Å². The Balaban J connectivity index is 1.85. The van der Waals surface area contributed by atoms with Gasteiger partial charge in [-0.15, -0.1) is 0 Å². The number of aromatic nitrogens is 1. The minimum Gasteiger partial charge on any atom is -0.381 e. The first kappa shape index (κ1) is 9.50. The molecule has 1 aliphatic carbocycles. The quantitative estimate of drug-likeness (QED) is 0.789. The van der Waals surface area contributed by atoms with Crippen LogP contribution in [-0.4, -0.2) is 11.0 Å². The number of hydrogen-bond donors (Lipinski definition) is 1. The highest BCUT2D eigenvalue weighted by molar-refractivity contribution is 5.41. The van der Waals surface area contributed by atoms with E-state index in [4.69, 9.17) is 0 Å². The van der Waals surface area contributed by atoms with E-state index in [9.17, 15) is 0 Å². The molecule has 1 atom stereocenters. The van der Waals surface area contributed by atoms with Gasteiger partial charge in [-0.3, -0.25) is 4.98 Å². The Hall–Kier alpha value is -1.05. The molecule has 0 spiro atoms. The number of nitrogens with zero attached hydrogens (tertiary/aromatic N) is 1. The first-order chi connectivity index (χ1) is 6.74. The molecule has 0 radical (unpaired) electrons. The van der Waals surface area contributed by atoms with Gasteiger partial charge in [-0.2, -0.15) is 0 Å². The molecule has 76 valence electrons. The standard InChI is InChI=1S/C12H18N2/c1-9-3-6-12(8-13-9)14-10(2)7-11-4-5-11/h3,6,8,10-11,14H,4-5,7H2,1-2H3. The molecular formula is C12H18N2. The van der Waals surface area contributed by atoms with Crippen LogP contribution >= 0.6 is 0 Å². The molecule has 0 aliphatic heterocycles. The van der Waals surface area contributed by atoms with Crippen LogP contribution in [0.3, 0.4) is 0 Å². The lowest BCUT2D eigenvalue weighted by Crippen LogP contribution is -2.15. The molecule has 14 heavy (non-hydrogen) atoms. The third-order valence-corrected chi connectivity index (χ3v) is 2.71. The second kappa shape index (κ2) is 3.99. The third kappa shape index (κ3) is 2.72. The Kier molecular flexibility index (Phi) is 2.71. The van der Waals surface area contributed by atoms with Crippen molar-refractivity contribution < 1.29 is 0 Å². The van der Waals surface area contributed by atoms with Gasteiger partial charge < -0.3 is 5.32 Å². The number of aryl methyl sites for hydroxylation is 1. The largest absolute Gasteiger partial charge is 0.381 e. The first-order valence-corrected chi connectivity index (χ1v) is 5.43. The molecule has 1 aliphatic rings. The third-order valence-electron chi connectivity index (χ3n) is 2.71. The summed E-state index contributed by atoms with van der Waals surface area (Å²) in [4.78, 5) is 4.26. The van der Waals surface area contributed by atoms with Crippen LogP contribution in [0.15, 0.2) is 18.3 Å². The molecule has 1 fully saturated rings. The maximum absolute atomic E-state index is 4.26. The van der Waals surface area contributed by atoms with Crippen LogP contribution in [0.1, 0.15) is 31.9 Å². The second-order valence-electron chi connectivity index (χ2n) is 4.41. The van der Waals surface area contributed by atoms with Gasteiger partial charge in [0.15, 0.2) is 0 Å². The van der Waals surface area contributed by atoms with Gasteiger partial charge in [0, 0.05) is 11.7 Å². The molecule has 2 heteroatoms. The van der Waals surface area contributed by atoms with Crippen molar-refractivity contribution in [2.24, 2.45) is 5.92 Å². The number of nitrogens with one attached hydrogen (secondary N) is 1. The van der Waals surface area contributed by atoms with Crippen molar-refractivity contribution in [2.45, 2.75) is 39.2 Å². The lowest BCUT2D eigenvalue weighted by Gasteiger charge is -2.14. The van der Waals surface area contributed by atoms with E-state index in [2.05, 4.69) is 23.3 Å². The van der Waals surface area contributed by atoms with Gasteiger partial charge in [-0.25, -0.2) is 0 Å². The molecule has 2 nitrogen and oxygen atoms in total. The van der Waals surface area contributed by atoms with Crippen molar-refractivity contribution in [2.75, 3.05) is 5.32 Å². The van der Waals surface area contributed by atoms with Crippen LogP contribution < -0.4 is 5.32 Å². The summed E-state index contributed by atoms with van der Waals surface area (Å²) in [5.74, 6) is 0.982. The molecule has 1 saturated carbocycles. The maximum atomic E-state index is 4.26. The lowest BCUT2D eigenvalue weighted by atomic mass is 10.1. The van der Waals surface area contributed by atoms with Crippen LogP contribution in [0.25, 0.3) is 0 Å². The van der Waals surface area contributed by atoms with Crippen molar-refractivity contribution in [1.82, 2.24) is 4.98 Å². The average molecular weight is 190 g/mol. The molecule has 1 N–H and O–H groups in total. The Labute approximate surface area is 85.7 Å². The SMILES string of the molecule is Cc1ccc(NC(C)CC2CC2)cn1. The first-order valence-electron chi connectivity index (χ1n) is 5.43. The van der Waals surface area contributed by atoms with Gasteiger partial charge >= 0.3 is 0 Å². The van der Waals surface area contributed by atoms with E-state index >= 15 is 0 Å². The summed E-state index contributed by atoms with van der Waals surface area (Å²) in [5.41, 5.74) is 2.22. The molecule has 0 amide bonds. The van der Waals surface area contributed by atoms with Crippen LogP contribution in [0, 0.1) is 12.8 Å². The second-order valence-corrected chi connectivity index (χ2v) is 4.41. The Bertz CT molecular complexity index is 288. The van der Waals surface area contributed by atoms with Gasteiger partial charge in [0.1, 0.15) is 0 Å². The summed E-state index contributed by atoms with van der Waals surface area (Å²) in [5, 5.41) is 3.48. The zero-order valence-corrected chi connectivity index (χ0v) is 8.96. The van der Waals surface area contributed by atoms with Gasteiger partial charge in [-0.05, 0) is 38.3 Å². The zero-order chi connectivity index (χ0) is 9.97. The van der Waals surface area contributed by atoms with E-state index in [1.807, 2.05) is 19.2 Å². The zero-order valence-electron chi connectivity index (χ0n) is 8.96. The summed E-state index contributed by atoms with van der Waals surface area (Å²) >= 11 is 0. The monoisotopic (exact) mass is 190 g/mol. The van der Waals surface area contributed by atoms with Crippen LogP contribution in [0.2, 0.25) is 0 Å². The van der Waals surface area contributed by atoms with Gasteiger partial charge in [0.2, 0.25) is 0 Å². The average Bonchev–Trinajstić information content (AvgIpc) is 2.93. The van der Waals surface area contributed by atoms with Crippen molar-refractivity contribution in [3.8, 4) is 0 Å². The van der Waals surface area contributed by atoms with Crippen molar-refractivity contribution in [1.29, 1.82) is 0 Å². The molecule has 1 aromatic heterocycles. The molecule has 0 bridgehead atoms. The molecule has 2 rings (SSSR count). The highest BCUT2D eigenvalue weighted by atomic mass is 14.9. The molecule has 1 aromatic rings. The normalized spacial score (nSPS) is 17.9. The smallest absolute Gasteiger partial charge is 0.0528 e. The summed E-state index contributed by atoms with van der Waals surface area (Å²) in [7, 11) is 0. The fourth-order valence-electron chi connectivity index (χ4n) is 1.75. The summed E-state index contributed by atoms with van der Waals surface area (Å²) in [6, 6.07) is 4.73. The molecule has 1 unspecified atom stereocenters. The Morgan fingerprint density at radius 2 is 2.29 bits per heavy atom. The number of rotatable bonds is 4. The van der Waals surface area contributed by atoms with Gasteiger partial charge in [-0.1, -0.05) is 12.8 Å². The predicted molar refractivity (Wildman–Crippen MR) is 59.4 cm³/mol. The predicted octanol–water partition coefficient (Wildman–Crippen LogP) is 2.99. The summed E-state index contributed by atoms with van der Waals surface area (Å²) in [6.07, 6.45) is 6.07. The van der Waals surface area contributed by atoms with Gasteiger partial charge in [0.25, 0.3) is 0 Å². The Morgan fingerprint density at radius 3 is 2.86 bits per heavy atom. The van der Waals surface area contributed by atoms with Crippen LogP contribution in [0.5, 0.6) is 0 Å². The highest BCUT2D eigenvalue weighted by Crippen LogP contribution is 2.33. The van der Waals surface area contributed by atoms with E-state index < -0.39 is 0 Å². The molecule has 1 heterocycles. The van der Waals surface area contributed by atoms with E-state index in [1.165, 1.54) is 19.3 Å². The minimum absolute atomic E-state index is 0.576. The Morgan fingerprint density at radius 1 is 1.50 bits per heavy atom. The lowest BCUT2D eigenvalue weighted by molar-refractivity contribution is 0.642. The maximum Gasteiger partial charge on any atom is 0.0528 e. The van der Waals surface area contributed by atoms with E-state index in [0.29, 0.717) is 6.04 Å². The van der Waals surface area contributed by atoms with Crippen LogP contribution in [-0.2, 0) is 0 Å². The van der Waals surface area contributed by atoms with E-state index in [0.717, 1.165) is 17.3 Å². The van der Waals surface area contributed by atoms with Crippen molar-refractivity contribution in [3.63, 3.8) is 0 Å².